The van der Waals surface area contributed by atoms with E-state index in [0.717, 1.165) is 30.0 Å². The fourth-order valence-corrected chi connectivity index (χ4v) is 2.22. The third kappa shape index (κ3) is 5.99. The van der Waals surface area contributed by atoms with E-state index in [1.165, 1.54) is 6.08 Å². The van der Waals surface area contributed by atoms with Gasteiger partial charge in [0.2, 0.25) is 0 Å². The summed E-state index contributed by atoms with van der Waals surface area (Å²) >= 11 is 0. The molecule has 4 nitrogen and oxygen atoms in total. The van der Waals surface area contributed by atoms with Gasteiger partial charge in [-0.3, -0.25) is 4.79 Å². The molecule has 0 radical (unpaired) electrons. The maximum absolute atomic E-state index is 12.2. The zero-order valence-electron chi connectivity index (χ0n) is 15.2. The number of ketones is 1. The van der Waals surface area contributed by atoms with Crippen molar-refractivity contribution in [1.82, 2.24) is 0 Å². The lowest BCUT2D eigenvalue weighted by molar-refractivity contribution is 0.104. The van der Waals surface area contributed by atoms with Gasteiger partial charge in [-0.1, -0.05) is 13.3 Å². The van der Waals surface area contributed by atoms with Gasteiger partial charge in [0.05, 0.1) is 6.61 Å². The van der Waals surface area contributed by atoms with Gasteiger partial charge in [0.1, 0.15) is 5.75 Å². The molecule has 0 aliphatic heterocycles. The lowest BCUT2D eigenvalue weighted by atomic mass is 10.1. The quantitative estimate of drug-likeness (QED) is 0.407. The molecule has 0 unspecified atom stereocenters. The highest BCUT2D eigenvalue weighted by atomic mass is 16.5. The van der Waals surface area contributed by atoms with Gasteiger partial charge in [-0.25, -0.2) is 0 Å². The van der Waals surface area contributed by atoms with E-state index in [9.17, 15) is 4.79 Å². The van der Waals surface area contributed by atoms with Crippen molar-refractivity contribution in [2.75, 3.05) is 30.9 Å². The van der Waals surface area contributed by atoms with Crippen molar-refractivity contribution in [3.63, 3.8) is 0 Å². The fourth-order valence-electron chi connectivity index (χ4n) is 2.22. The summed E-state index contributed by atoms with van der Waals surface area (Å²) in [6.45, 7) is 2.84. The first-order valence-corrected chi connectivity index (χ1v) is 8.58. The molecule has 2 aromatic rings. The van der Waals surface area contributed by atoms with E-state index in [-0.39, 0.29) is 5.78 Å². The van der Waals surface area contributed by atoms with Crippen molar-refractivity contribution < 1.29 is 9.53 Å². The number of unbranched alkanes of at least 4 members (excludes halogenated alkanes) is 1. The number of carbonyl (C=O) groups is 1. The molecular formula is C21H26N2O2. The molecule has 0 aliphatic rings. The van der Waals surface area contributed by atoms with Crippen molar-refractivity contribution >= 4 is 17.2 Å². The summed E-state index contributed by atoms with van der Waals surface area (Å²) in [6.07, 6.45) is 5.34. The van der Waals surface area contributed by atoms with E-state index in [1.54, 1.807) is 18.3 Å². The number of rotatable bonds is 9. The van der Waals surface area contributed by atoms with Gasteiger partial charge in [0, 0.05) is 43.3 Å². The van der Waals surface area contributed by atoms with Gasteiger partial charge >= 0.3 is 0 Å². The number of carbonyl (C=O) groups excluding carboxylic acids is 1. The Bertz CT molecular complexity index is 689. The van der Waals surface area contributed by atoms with Crippen LogP contribution in [-0.2, 0) is 0 Å². The molecule has 0 bridgehead atoms. The topological polar surface area (TPSA) is 41.6 Å². The molecule has 0 spiro atoms. The van der Waals surface area contributed by atoms with Crippen molar-refractivity contribution in [1.29, 1.82) is 0 Å². The zero-order chi connectivity index (χ0) is 18.1. The molecule has 0 heterocycles. The van der Waals surface area contributed by atoms with Crippen LogP contribution in [0.3, 0.4) is 0 Å². The van der Waals surface area contributed by atoms with Crippen LogP contribution in [0, 0.1) is 0 Å². The molecule has 1 N–H and O–H groups in total. The van der Waals surface area contributed by atoms with E-state index in [4.69, 9.17) is 4.74 Å². The minimum absolute atomic E-state index is 0.0440. The summed E-state index contributed by atoms with van der Waals surface area (Å²) in [4.78, 5) is 14.2. The predicted molar refractivity (Wildman–Crippen MR) is 105 cm³/mol. The average Bonchev–Trinajstić information content (AvgIpc) is 2.63. The summed E-state index contributed by atoms with van der Waals surface area (Å²) in [5.41, 5.74) is 2.71. The maximum atomic E-state index is 12.2. The number of nitrogens with one attached hydrogen (secondary N) is 1. The first-order valence-electron chi connectivity index (χ1n) is 8.58. The average molecular weight is 338 g/mol. The molecule has 4 heteroatoms. The van der Waals surface area contributed by atoms with Gasteiger partial charge in [-0.2, -0.15) is 0 Å². The minimum atomic E-state index is -0.0440. The molecular weight excluding hydrogens is 312 g/mol. The van der Waals surface area contributed by atoms with Gasteiger partial charge < -0.3 is 15.0 Å². The Kier molecular flexibility index (Phi) is 7.08. The summed E-state index contributed by atoms with van der Waals surface area (Å²) in [6, 6.07) is 15.3. The second kappa shape index (κ2) is 9.52. The van der Waals surface area contributed by atoms with Gasteiger partial charge in [0.15, 0.2) is 5.78 Å². The third-order valence-electron chi connectivity index (χ3n) is 3.77. The summed E-state index contributed by atoms with van der Waals surface area (Å²) in [5.74, 6) is 0.755. The highest BCUT2D eigenvalue weighted by Gasteiger charge is 2.02. The van der Waals surface area contributed by atoms with Crippen molar-refractivity contribution in [3.05, 3.63) is 66.4 Å². The second-order valence-electron chi connectivity index (χ2n) is 6.01. The minimum Gasteiger partial charge on any atom is -0.494 e. The normalized spacial score (nSPS) is 10.7. The predicted octanol–water partition coefficient (Wildman–Crippen LogP) is 4.74. The first kappa shape index (κ1) is 18.6. The molecule has 2 aromatic carbocycles. The van der Waals surface area contributed by atoms with Crippen LogP contribution < -0.4 is 15.0 Å². The SMILES string of the molecule is CCCCOc1ccc(C(=O)C=CNc2ccc(N(C)C)cc2)cc1. The Labute approximate surface area is 150 Å². The van der Waals surface area contributed by atoms with Crippen LogP contribution in [0.5, 0.6) is 5.75 Å². The summed E-state index contributed by atoms with van der Waals surface area (Å²) in [7, 11) is 4.00. The molecule has 0 aromatic heterocycles. The highest BCUT2D eigenvalue weighted by molar-refractivity contribution is 6.04. The Morgan fingerprint density at radius 2 is 1.76 bits per heavy atom. The van der Waals surface area contributed by atoms with E-state index in [2.05, 4.69) is 12.2 Å². The molecule has 0 fully saturated rings. The zero-order valence-corrected chi connectivity index (χ0v) is 15.2. The van der Waals surface area contributed by atoms with Crippen molar-refractivity contribution in [2.24, 2.45) is 0 Å². The monoisotopic (exact) mass is 338 g/mol. The smallest absolute Gasteiger partial charge is 0.187 e. The Morgan fingerprint density at radius 1 is 1.08 bits per heavy atom. The number of allylic oxidation sites excluding steroid dienone is 1. The molecule has 2 rings (SSSR count). The van der Waals surface area contributed by atoms with Crippen LogP contribution in [-0.4, -0.2) is 26.5 Å². The lowest BCUT2D eigenvalue weighted by Crippen LogP contribution is -2.08. The summed E-state index contributed by atoms with van der Waals surface area (Å²) in [5, 5.41) is 3.11. The standard InChI is InChI=1S/C21H26N2O2/c1-4-5-16-25-20-12-6-17(7-13-20)21(24)14-15-22-18-8-10-19(11-9-18)23(2)3/h6-15,22H,4-5,16H2,1-3H3. The van der Waals surface area contributed by atoms with Gasteiger partial charge in [-0.15, -0.1) is 0 Å². The number of hydrogen-bond donors (Lipinski definition) is 1. The van der Waals surface area contributed by atoms with Crippen LogP contribution in [0.2, 0.25) is 0 Å². The fraction of sp³-hybridized carbons (Fsp3) is 0.286. The molecule has 0 saturated carbocycles. The van der Waals surface area contributed by atoms with Crippen LogP contribution in [0.1, 0.15) is 30.1 Å². The Balaban J connectivity index is 1.87. The van der Waals surface area contributed by atoms with E-state index in [0.29, 0.717) is 12.2 Å². The van der Waals surface area contributed by atoms with Gasteiger partial charge in [-0.05, 0) is 55.0 Å². The molecule has 132 valence electrons. The van der Waals surface area contributed by atoms with Crippen LogP contribution in [0.15, 0.2) is 60.8 Å². The van der Waals surface area contributed by atoms with Crippen LogP contribution in [0.4, 0.5) is 11.4 Å². The second-order valence-corrected chi connectivity index (χ2v) is 6.01. The largest absolute Gasteiger partial charge is 0.494 e. The van der Waals surface area contributed by atoms with Gasteiger partial charge in [0.25, 0.3) is 0 Å². The summed E-state index contributed by atoms with van der Waals surface area (Å²) < 4.78 is 5.60. The molecule has 0 aliphatic carbocycles. The maximum Gasteiger partial charge on any atom is 0.187 e. The third-order valence-corrected chi connectivity index (χ3v) is 3.77. The molecule has 0 saturated heterocycles. The number of ether oxygens (including phenoxy) is 1. The number of benzene rings is 2. The first-order chi connectivity index (χ1) is 12.1. The van der Waals surface area contributed by atoms with E-state index in [1.807, 2.05) is 55.4 Å². The Morgan fingerprint density at radius 3 is 2.36 bits per heavy atom. The lowest BCUT2D eigenvalue weighted by Gasteiger charge is -2.12. The van der Waals surface area contributed by atoms with E-state index >= 15 is 0 Å². The van der Waals surface area contributed by atoms with Crippen LogP contribution >= 0.6 is 0 Å². The number of anilines is 2. The number of hydrogen-bond acceptors (Lipinski definition) is 4. The molecule has 0 atom stereocenters. The van der Waals surface area contributed by atoms with Crippen molar-refractivity contribution in [2.45, 2.75) is 19.8 Å². The Hall–Kier alpha value is -2.75. The molecule has 0 amide bonds. The van der Waals surface area contributed by atoms with Crippen molar-refractivity contribution in [3.8, 4) is 5.75 Å². The van der Waals surface area contributed by atoms with Crippen LogP contribution in [0.25, 0.3) is 0 Å². The van der Waals surface area contributed by atoms with E-state index < -0.39 is 0 Å². The number of nitrogens with zero attached hydrogens (tertiary/aromatic N) is 1. The molecule has 25 heavy (non-hydrogen) atoms. The highest BCUT2D eigenvalue weighted by Crippen LogP contribution is 2.16.